The third-order valence-electron chi connectivity index (χ3n) is 6.61. The van der Waals surface area contributed by atoms with Crippen LogP contribution in [0.1, 0.15) is 43.5 Å². The van der Waals surface area contributed by atoms with Crippen molar-refractivity contribution in [3.63, 3.8) is 0 Å². The summed E-state index contributed by atoms with van der Waals surface area (Å²) in [5, 5.41) is 14.1. The number of unbranched alkanes of at least 4 members (excludes halogenated alkanes) is 1. The number of hydrogen-bond donors (Lipinski definition) is 2. The highest BCUT2D eigenvalue weighted by Crippen LogP contribution is 2.38. The summed E-state index contributed by atoms with van der Waals surface area (Å²) in [6, 6.07) is 20.9. The third-order valence-corrected chi connectivity index (χ3v) is 8.83. The van der Waals surface area contributed by atoms with Gasteiger partial charge in [-0.25, -0.2) is 13.2 Å². The Balaban J connectivity index is 0.000000560. The van der Waals surface area contributed by atoms with Crippen LogP contribution in [0.4, 0.5) is 5.69 Å². The van der Waals surface area contributed by atoms with Crippen molar-refractivity contribution >= 4 is 61.6 Å². The third kappa shape index (κ3) is 6.84. The molecule has 2 N–H and O–H groups in total. The Morgan fingerprint density at radius 3 is 2.10 bits per heavy atom. The number of sulfonamides is 1. The normalized spacial score (nSPS) is 12.2. The quantitative estimate of drug-likeness (QED) is 0.171. The lowest BCUT2D eigenvalue weighted by atomic mass is 10.0. The molecule has 0 aliphatic heterocycles. The molecule has 41 heavy (non-hydrogen) atoms. The van der Waals surface area contributed by atoms with Crippen LogP contribution in [0, 0.1) is 0 Å². The van der Waals surface area contributed by atoms with Gasteiger partial charge in [-0.05, 0) is 60.2 Å². The van der Waals surface area contributed by atoms with E-state index < -0.39 is 27.9 Å². The first-order valence-corrected chi connectivity index (χ1v) is 15.4. The molecule has 0 saturated carbocycles. The summed E-state index contributed by atoms with van der Waals surface area (Å²) in [7, 11) is -4.53. The van der Waals surface area contributed by atoms with Crippen LogP contribution in [0.15, 0.2) is 83.8 Å². The Morgan fingerprint density at radius 1 is 0.902 bits per heavy atom. The minimum atomic E-state index is -4.53. The lowest BCUT2D eigenvalue weighted by Gasteiger charge is -2.32. The SMILES string of the molecule is CCCCC(C(=O)O)N(c1c(C(=O)NCC)ccc2ccccc12)S(=O)(=O)c1cc(Cl)cc(Cl)c1.c1cc2cc-2c1. The number of carbonyl (C=O) groups is 2. The molecular formula is C31H30Cl2N2O5S. The number of anilines is 1. The molecule has 0 fully saturated rings. The zero-order valence-electron chi connectivity index (χ0n) is 22.6. The molecule has 2 aliphatic rings. The van der Waals surface area contributed by atoms with E-state index in [9.17, 15) is 23.1 Å². The van der Waals surface area contributed by atoms with Gasteiger partial charge < -0.3 is 10.4 Å². The van der Waals surface area contributed by atoms with Crippen LogP contribution >= 0.6 is 23.2 Å². The Morgan fingerprint density at radius 2 is 1.56 bits per heavy atom. The van der Waals surface area contributed by atoms with Crippen molar-refractivity contribution in [3.05, 3.63) is 94.5 Å². The smallest absolute Gasteiger partial charge is 0.327 e. The van der Waals surface area contributed by atoms with Crippen molar-refractivity contribution in [2.45, 2.75) is 44.0 Å². The maximum absolute atomic E-state index is 14.1. The van der Waals surface area contributed by atoms with Gasteiger partial charge in [-0.3, -0.25) is 9.10 Å². The molecule has 7 nitrogen and oxygen atoms in total. The van der Waals surface area contributed by atoms with Crippen molar-refractivity contribution in [2.75, 3.05) is 10.8 Å². The number of fused-ring (bicyclic) bond motifs is 2. The minimum absolute atomic E-state index is 0.00588. The molecule has 214 valence electrons. The number of carbonyl (C=O) groups excluding carboxylic acids is 1. The fraction of sp³-hybridized carbons (Fsp3) is 0.226. The first kappa shape index (κ1) is 30.4. The number of aliphatic carboxylic acids is 1. The van der Waals surface area contributed by atoms with Crippen LogP contribution in [0.2, 0.25) is 10.0 Å². The molecule has 1 unspecified atom stereocenters. The van der Waals surface area contributed by atoms with Gasteiger partial charge in [0.2, 0.25) is 0 Å². The fourth-order valence-corrected chi connectivity index (χ4v) is 6.98. The molecule has 0 spiro atoms. The Hall–Kier alpha value is -3.59. The predicted molar refractivity (Wildman–Crippen MR) is 164 cm³/mol. The monoisotopic (exact) mass is 612 g/mol. The van der Waals surface area contributed by atoms with Crippen molar-refractivity contribution in [2.24, 2.45) is 0 Å². The van der Waals surface area contributed by atoms with Crippen LogP contribution in [-0.2, 0) is 14.8 Å². The standard InChI is InChI=1S/C25H26Cl2N2O5S.C6H4/c1-3-5-10-22(25(31)32)29(35(33,34)19-14-17(26)13-18(27)15-19)23-20-9-7-6-8-16(20)11-12-21(23)24(30)28-4-2;1-2-5-4-6(5)3-1/h6-9,11-15,22H,3-5,10H2,1-2H3,(H,28,30)(H,31,32);1-4H. The van der Waals surface area contributed by atoms with Gasteiger partial charge >= 0.3 is 5.97 Å². The van der Waals surface area contributed by atoms with E-state index >= 15 is 0 Å². The van der Waals surface area contributed by atoms with Crippen LogP contribution < -0.4 is 9.62 Å². The topological polar surface area (TPSA) is 104 Å². The Labute approximate surface area is 249 Å². The Bertz CT molecular complexity index is 1670. The molecule has 0 aromatic heterocycles. The zero-order valence-corrected chi connectivity index (χ0v) is 24.9. The van der Waals surface area contributed by atoms with E-state index in [1.165, 1.54) is 35.4 Å². The van der Waals surface area contributed by atoms with Crippen molar-refractivity contribution < 1.29 is 23.1 Å². The summed E-state index contributed by atoms with van der Waals surface area (Å²) in [6.45, 7) is 3.93. The van der Waals surface area contributed by atoms with Gasteiger partial charge in [0.1, 0.15) is 6.04 Å². The average molecular weight is 614 g/mol. The summed E-state index contributed by atoms with van der Waals surface area (Å²) in [5.74, 6) is -1.85. The van der Waals surface area contributed by atoms with E-state index in [0.717, 1.165) is 4.31 Å². The highest BCUT2D eigenvalue weighted by atomic mass is 35.5. The van der Waals surface area contributed by atoms with E-state index in [1.807, 2.05) is 6.92 Å². The minimum Gasteiger partial charge on any atom is -0.480 e. The summed E-state index contributed by atoms with van der Waals surface area (Å²) < 4.78 is 29.1. The maximum atomic E-state index is 14.1. The molecule has 3 aromatic rings. The number of benzene rings is 4. The summed E-state index contributed by atoms with van der Waals surface area (Å²) in [6.07, 6.45) is 1.15. The number of nitrogens with one attached hydrogen (secondary N) is 1. The second-order valence-corrected chi connectivity index (χ2v) is 12.2. The van der Waals surface area contributed by atoms with E-state index in [4.69, 9.17) is 23.2 Å². The largest absolute Gasteiger partial charge is 0.480 e. The maximum Gasteiger partial charge on any atom is 0.327 e. The van der Waals surface area contributed by atoms with Gasteiger partial charge in [-0.1, -0.05) is 91.5 Å². The van der Waals surface area contributed by atoms with Crippen molar-refractivity contribution in [3.8, 4) is 11.1 Å². The van der Waals surface area contributed by atoms with Crippen LogP contribution in [0.25, 0.3) is 21.9 Å². The number of carboxylic acids is 1. The van der Waals surface area contributed by atoms with Gasteiger partial charge in [-0.2, -0.15) is 0 Å². The molecule has 1 amide bonds. The second kappa shape index (κ2) is 12.9. The first-order valence-electron chi connectivity index (χ1n) is 13.2. The van der Waals surface area contributed by atoms with E-state index in [1.54, 1.807) is 37.3 Å². The second-order valence-electron chi connectivity index (χ2n) is 9.53. The molecule has 0 heterocycles. The average Bonchev–Trinajstić information content (AvgIpc) is 3.53. The van der Waals surface area contributed by atoms with Gasteiger partial charge in [0.15, 0.2) is 0 Å². The molecule has 0 radical (unpaired) electrons. The number of hydrogen-bond acceptors (Lipinski definition) is 4. The number of nitrogens with zero attached hydrogens (tertiary/aromatic N) is 1. The van der Waals surface area contributed by atoms with Crippen LogP contribution in [-0.4, -0.2) is 38.0 Å². The highest BCUT2D eigenvalue weighted by Gasteiger charge is 2.39. The van der Waals surface area contributed by atoms with Crippen LogP contribution in [0.3, 0.4) is 0 Å². The van der Waals surface area contributed by atoms with Gasteiger partial charge in [0.25, 0.3) is 15.9 Å². The number of rotatable bonds is 10. The van der Waals surface area contributed by atoms with Gasteiger partial charge in [0.05, 0.1) is 16.1 Å². The molecule has 0 saturated heterocycles. The van der Waals surface area contributed by atoms with Gasteiger partial charge in [-0.15, -0.1) is 0 Å². The number of carboxylic acid groups (broad SMARTS) is 1. The lowest BCUT2D eigenvalue weighted by Crippen LogP contribution is -2.46. The summed E-state index contributed by atoms with van der Waals surface area (Å²) in [4.78, 5) is 25.3. The molecular weight excluding hydrogens is 583 g/mol. The summed E-state index contributed by atoms with van der Waals surface area (Å²) >= 11 is 12.2. The molecule has 1 atom stereocenters. The van der Waals surface area contributed by atoms with Crippen molar-refractivity contribution in [1.82, 2.24) is 5.32 Å². The molecule has 3 aromatic carbocycles. The lowest BCUT2D eigenvalue weighted by molar-refractivity contribution is -0.138. The molecule has 0 bridgehead atoms. The van der Waals surface area contributed by atoms with E-state index in [2.05, 4.69) is 29.6 Å². The number of halogens is 2. The molecule has 2 aliphatic carbocycles. The van der Waals surface area contributed by atoms with Crippen LogP contribution in [0.5, 0.6) is 0 Å². The fourth-order valence-electron chi connectivity index (χ4n) is 4.58. The predicted octanol–water partition coefficient (Wildman–Crippen LogP) is 7.40. The van der Waals surface area contributed by atoms with E-state index in [0.29, 0.717) is 30.2 Å². The van der Waals surface area contributed by atoms with Gasteiger partial charge in [0, 0.05) is 22.0 Å². The first-order chi connectivity index (χ1) is 19.6. The molecule has 10 heteroatoms. The Kier molecular flexibility index (Phi) is 9.58. The summed E-state index contributed by atoms with van der Waals surface area (Å²) in [5.41, 5.74) is 2.89. The van der Waals surface area contributed by atoms with E-state index in [-0.39, 0.29) is 32.6 Å². The highest BCUT2D eigenvalue weighted by molar-refractivity contribution is 7.93. The molecule has 5 rings (SSSR count). The zero-order chi connectivity index (χ0) is 29.7. The number of amides is 1. The van der Waals surface area contributed by atoms with Crippen molar-refractivity contribution in [1.29, 1.82) is 0 Å².